The van der Waals surface area contributed by atoms with Gasteiger partial charge in [0, 0.05) is 37.2 Å². The molecule has 0 bridgehead atoms. The van der Waals surface area contributed by atoms with E-state index in [-0.39, 0.29) is 30.2 Å². The molecule has 2 aliphatic rings. The topological polar surface area (TPSA) is 96.0 Å². The molecule has 2 aliphatic heterocycles. The third-order valence-electron chi connectivity index (χ3n) is 5.91. The summed E-state index contributed by atoms with van der Waals surface area (Å²) in [6, 6.07) is 12.7. The quantitative estimate of drug-likeness (QED) is 0.684. The average molecular weight is 466 g/mol. The molecule has 0 unspecified atom stereocenters. The lowest BCUT2D eigenvalue weighted by Crippen LogP contribution is -2.34. The van der Waals surface area contributed by atoms with Gasteiger partial charge in [0.15, 0.2) is 0 Å². The number of nitrogens with one attached hydrogen (secondary N) is 1. The summed E-state index contributed by atoms with van der Waals surface area (Å²) in [7, 11) is 1.57. The molecule has 0 radical (unpaired) electrons. The smallest absolute Gasteiger partial charge is 0.260 e. The van der Waals surface area contributed by atoms with Crippen molar-refractivity contribution in [2.75, 3.05) is 32.1 Å². The van der Waals surface area contributed by atoms with Crippen LogP contribution in [-0.2, 0) is 14.4 Å². The molecule has 0 saturated carbocycles. The largest absolute Gasteiger partial charge is 0.497 e. The molecule has 0 atom stereocenters. The Morgan fingerprint density at radius 2 is 1.53 bits per heavy atom. The Morgan fingerprint density at radius 1 is 0.912 bits per heavy atom. The maximum absolute atomic E-state index is 11.9. The van der Waals surface area contributed by atoms with Crippen molar-refractivity contribution in [1.82, 2.24) is 9.80 Å². The Hall–Kier alpha value is -3.68. The predicted octanol–water partition coefficient (Wildman–Crippen LogP) is 3.32. The lowest BCUT2D eigenvalue weighted by Gasteiger charge is -2.16. The van der Waals surface area contributed by atoms with E-state index in [9.17, 15) is 19.2 Å². The van der Waals surface area contributed by atoms with Crippen LogP contribution in [0.15, 0.2) is 42.5 Å². The van der Waals surface area contributed by atoms with Gasteiger partial charge in [0.05, 0.1) is 13.7 Å². The highest BCUT2D eigenvalue weighted by Crippen LogP contribution is 2.20. The number of amides is 4. The van der Waals surface area contributed by atoms with Gasteiger partial charge < -0.3 is 15.0 Å². The normalized spacial score (nSPS) is 15.1. The Bertz CT molecular complexity index is 1040. The van der Waals surface area contributed by atoms with Crippen LogP contribution in [0.25, 0.3) is 0 Å². The Balaban J connectivity index is 0.000000192. The highest BCUT2D eigenvalue weighted by atomic mass is 16.5. The molecule has 2 aromatic rings. The lowest BCUT2D eigenvalue weighted by atomic mass is 10.1. The zero-order chi connectivity index (χ0) is 24.7. The zero-order valence-electron chi connectivity index (χ0n) is 19.9. The van der Waals surface area contributed by atoms with Crippen molar-refractivity contribution in [2.24, 2.45) is 0 Å². The van der Waals surface area contributed by atoms with Gasteiger partial charge in [-0.2, -0.15) is 0 Å². The average Bonchev–Trinajstić information content (AvgIpc) is 3.44. The van der Waals surface area contributed by atoms with Crippen molar-refractivity contribution >= 4 is 29.3 Å². The molecule has 0 spiro atoms. The Kier molecular flexibility index (Phi) is 8.40. The molecular formula is C26H31N3O5. The molecule has 180 valence electrons. The molecule has 0 aromatic heterocycles. The van der Waals surface area contributed by atoms with Crippen LogP contribution in [0.4, 0.5) is 5.69 Å². The molecule has 34 heavy (non-hydrogen) atoms. The number of carbonyl (C=O) groups excluding carboxylic acids is 4. The SMILES string of the molecule is COc1ccc(C(=O)N2CCCC2=O)cc1.Cc1cccc(C)c1NC(=O)CN1CCCC1=O. The van der Waals surface area contributed by atoms with Gasteiger partial charge in [0.1, 0.15) is 5.75 Å². The molecule has 2 heterocycles. The van der Waals surface area contributed by atoms with Crippen molar-refractivity contribution in [3.05, 3.63) is 59.2 Å². The first kappa shape index (κ1) is 25.0. The van der Waals surface area contributed by atoms with E-state index in [0.29, 0.717) is 37.2 Å². The number of likely N-dealkylation sites (tertiary alicyclic amines) is 2. The van der Waals surface area contributed by atoms with Crippen molar-refractivity contribution in [3.8, 4) is 5.75 Å². The first-order chi connectivity index (χ1) is 16.3. The van der Waals surface area contributed by atoms with E-state index in [1.807, 2.05) is 32.0 Å². The first-order valence-corrected chi connectivity index (χ1v) is 11.4. The number of hydrogen-bond acceptors (Lipinski definition) is 5. The lowest BCUT2D eigenvalue weighted by molar-refractivity contribution is -0.131. The van der Waals surface area contributed by atoms with Crippen molar-refractivity contribution in [1.29, 1.82) is 0 Å². The number of ether oxygens (including phenoxy) is 1. The standard InChI is InChI=1S/C14H18N2O2.C12H13NO3/c1-10-5-3-6-11(2)14(10)15-12(17)9-16-8-4-7-13(16)18;1-16-10-6-4-9(5-7-10)12(15)13-8-2-3-11(13)14/h3,5-6H,4,7-9H2,1-2H3,(H,15,17);4-7H,2-3,8H2,1H3. The van der Waals surface area contributed by atoms with Gasteiger partial charge in [-0.25, -0.2) is 0 Å². The molecule has 4 rings (SSSR count). The van der Waals surface area contributed by atoms with Gasteiger partial charge in [-0.05, 0) is 62.1 Å². The van der Waals surface area contributed by atoms with Gasteiger partial charge in [-0.3, -0.25) is 24.1 Å². The summed E-state index contributed by atoms with van der Waals surface area (Å²) >= 11 is 0. The van der Waals surface area contributed by atoms with Crippen LogP contribution >= 0.6 is 0 Å². The van der Waals surface area contributed by atoms with Crippen LogP contribution in [0.3, 0.4) is 0 Å². The number of benzene rings is 2. The summed E-state index contributed by atoms with van der Waals surface area (Å²) in [6.45, 7) is 5.31. The molecular weight excluding hydrogens is 434 g/mol. The fourth-order valence-corrected chi connectivity index (χ4v) is 3.99. The van der Waals surface area contributed by atoms with E-state index in [2.05, 4.69) is 5.32 Å². The minimum Gasteiger partial charge on any atom is -0.497 e. The maximum atomic E-state index is 11.9. The third kappa shape index (κ3) is 6.21. The summed E-state index contributed by atoms with van der Waals surface area (Å²) in [5.74, 6) is 0.351. The molecule has 8 nitrogen and oxygen atoms in total. The van der Waals surface area contributed by atoms with Crippen molar-refractivity contribution in [3.63, 3.8) is 0 Å². The van der Waals surface area contributed by atoms with E-state index < -0.39 is 0 Å². The van der Waals surface area contributed by atoms with E-state index in [1.165, 1.54) is 4.90 Å². The minimum atomic E-state index is -0.217. The summed E-state index contributed by atoms with van der Waals surface area (Å²) in [4.78, 5) is 49.6. The number of para-hydroxylation sites is 1. The van der Waals surface area contributed by atoms with E-state index in [4.69, 9.17) is 4.74 Å². The highest BCUT2D eigenvalue weighted by Gasteiger charge is 2.27. The number of methoxy groups -OCH3 is 1. The number of hydrogen-bond donors (Lipinski definition) is 1. The van der Waals surface area contributed by atoms with Crippen molar-refractivity contribution in [2.45, 2.75) is 39.5 Å². The number of rotatable bonds is 5. The molecule has 2 fully saturated rings. The second-order valence-electron chi connectivity index (χ2n) is 8.42. The van der Waals surface area contributed by atoms with Gasteiger partial charge >= 0.3 is 0 Å². The van der Waals surface area contributed by atoms with Crippen LogP contribution in [-0.4, -0.2) is 60.2 Å². The fourth-order valence-electron chi connectivity index (χ4n) is 3.99. The molecule has 8 heteroatoms. The van der Waals surface area contributed by atoms with Crippen LogP contribution in [0.1, 0.15) is 47.2 Å². The summed E-state index contributed by atoms with van der Waals surface area (Å²) in [5.41, 5.74) is 3.46. The van der Waals surface area contributed by atoms with E-state index >= 15 is 0 Å². The molecule has 4 amide bonds. The van der Waals surface area contributed by atoms with Gasteiger partial charge in [0.25, 0.3) is 5.91 Å². The number of carbonyl (C=O) groups is 4. The van der Waals surface area contributed by atoms with Gasteiger partial charge in [0.2, 0.25) is 17.7 Å². The Labute approximate surface area is 199 Å². The number of anilines is 1. The van der Waals surface area contributed by atoms with E-state index in [0.717, 1.165) is 29.7 Å². The van der Waals surface area contributed by atoms with Crippen LogP contribution in [0.5, 0.6) is 5.75 Å². The highest BCUT2D eigenvalue weighted by molar-refractivity contribution is 6.05. The fraction of sp³-hybridized carbons (Fsp3) is 0.385. The second kappa shape index (κ2) is 11.4. The summed E-state index contributed by atoms with van der Waals surface area (Å²) < 4.78 is 5.00. The number of imide groups is 1. The summed E-state index contributed by atoms with van der Waals surface area (Å²) in [6.07, 6.45) is 2.66. The van der Waals surface area contributed by atoms with Crippen LogP contribution in [0.2, 0.25) is 0 Å². The molecule has 1 N–H and O–H groups in total. The third-order valence-corrected chi connectivity index (χ3v) is 5.91. The Morgan fingerprint density at radius 3 is 2.06 bits per heavy atom. The summed E-state index contributed by atoms with van der Waals surface area (Å²) in [5, 5.41) is 2.89. The predicted molar refractivity (Wildman–Crippen MR) is 129 cm³/mol. The molecule has 0 aliphatic carbocycles. The van der Waals surface area contributed by atoms with Gasteiger partial charge in [-0.15, -0.1) is 0 Å². The van der Waals surface area contributed by atoms with Crippen LogP contribution in [0, 0.1) is 13.8 Å². The maximum Gasteiger partial charge on any atom is 0.260 e. The minimum absolute atomic E-state index is 0.0756. The van der Waals surface area contributed by atoms with Gasteiger partial charge in [-0.1, -0.05) is 18.2 Å². The van der Waals surface area contributed by atoms with E-state index in [1.54, 1.807) is 36.3 Å². The zero-order valence-corrected chi connectivity index (χ0v) is 19.9. The first-order valence-electron chi connectivity index (χ1n) is 11.4. The van der Waals surface area contributed by atoms with Crippen LogP contribution < -0.4 is 10.1 Å². The molecule has 2 saturated heterocycles. The number of aryl methyl sites for hydroxylation is 2. The van der Waals surface area contributed by atoms with Crippen molar-refractivity contribution < 1.29 is 23.9 Å². The second-order valence-corrected chi connectivity index (χ2v) is 8.42. The molecule has 2 aromatic carbocycles. The number of nitrogens with zero attached hydrogens (tertiary/aromatic N) is 2. The monoisotopic (exact) mass is 465 g/mol.